The van der Waals surface area contributed by atoms with Gasteiger partial charge in [0.1, 0.15) is 5.78 Å². The number of fused-ring (bicyclic) bond motifs is 1. The number of ketones is 1. The maximum absolute atomic E-state index is 12.7. The predicted octanol–water partition coefficient (Wildman–Crippen LogP) is 0.520. The predicted molar refractivity (Wildman–Crippen MR) is 90.1 cm³/mol. The Bertz CT molecular complexity index is 844. The van der Waals surface area contributed by atoms with E-state index >= 15 is 0 Å². The molecule has 0 amide bonds. The lowest BCUT2D eigenvalue weighted by Gasteiger charge is -2.12. The molecule has 1 N–H and O–H groups in total. The standard InChI is InChI=1S/C16H24N4O4/c1-4-5-7-20-15(23)13-14(17-10-18(13)9-12(3)22)19(16(20)24)8-6-11(2)21/h10,12,22H,4-9H2,1-3H3. The van der Waals surface area contributed by atoms with Gasteiger partial charge in [0.25, 0.3) is 5.56 Å². The Balaban J connectivity index is 2.68. The molecule has 0 bridgehead atoms. The second-order valence-corrected chi connectivity index (χ2v) is 6.11. The molecule has 1 unspecified atom stereocenters. The fourth-order valence-electron chi connectivity index (χ4n) is 2.65. The first-order chi connectivity index (χ1) is 11.4. The Morgan fingerprint density at radius 1 is 1.29 bits per heavy atom. The summed E-state index contributed by atoms with van der Waals surface area (Å²) in [4.78, 5) is 40.9. The van der Waals surface area contributed by atoms with E-state index in [1.165, 1.54) is 22.4 Å². The first-order valence-corrected chi connectivity index (χ1v) is 8.22. The van der Waals surface area contributed by atoms with Crippen molar-refractivity contribution in [3.63, 3.8) is 0 Å². The van der Waals surface area contributed by atoms with Gasteiger partial charge >= 0.3 is 5.69 Å². The Labute approximate surface area is 139 Å². The van der Waals surface area contributed by atoms with E-state index in [1.54, 1.807) is 11.5 Å². The van der Waals surface area contributed by atoms with Gasteiger partial charge in [-0.3, -0.25) is 18.7 Å². The minimum Gasteiger partial charge on any atom is -0.392 e. The minimum atomic E-state index is -0.650. The van der Waals surface area contributed by atoms with Crippen LogP contribution in [0, 0.1) is 0 Å². The van der Waals surface area contributed by atoms with Gasteiger partial charge in [-0.25, -0.2) is 9.78 Å². The van der Waals surface area contributed by atoms with Crippen LogP contribution in [0.5, 0.6) is 0 Å². The van der Waals surface area contributed by atoms with Crippen LogP contribution in [0.25, 0.3) is 11.2 Å². The average molecular weight is 336 g/mol. The lowest BCUT2D eigenvalue weighted by molar-refractivity contribution is -0.117. The average Bonchev–Trinajstić information content (AvgIpc) is 2.89. The van der Waals surface area contributed by atoms with E-state index in [9.17, 15) is 19.5 Å². The number of aryl methyl sites for hydroxylation is 1. The molecule has 8 nitrogen and oxygen atoms in total. The number of carbonyl (C=O) groups excluding carboxylic acids is 1. The molecule has 0 saturated carbocycles. The molecule has 0 fully saturated rings. The molecular formula is C16H24N4O4. The number of aliphatic hydroxyl groups excluding tert-OH is 1. The second kappa shape index (κ2) is 7.57. The van der Waals surface area contributed by atoms with Crippen LogP contribution in [0.4, 0.5) is 0 Å². The maximum atomic E-state index is 12.7. The van der Waals surface area contributed by atoms with Gasteiger partial charge in [0, 0.05) is 19.5 Å². The summed E-state index contributed by atoms with van der Waals surface area (Å²) >= 11 is 0. The van der Waals surface area contributed by atoms with Crippen LogP contribution in [-0.2, 0) is 24.4 Å². The second-order valence-electron chi connectivity index (χ2n) is 6.11. The molecular weight excluding hydrogens is 312 g/mol. The molecule has 0 aliphatic heterocycles. The number of nitrogens with zero attached hydrogens (tertiary/aromatic N) is 4. The summed E-state index contributed by atoms with van der Waals surface area (Å²) in [6.07, 6.45) is 2.56. The molecule has 2 heterocycles. The van der Waals surface area contributed by atoms with Crippen molar-refractivity contribution in [1.82, 2.24) is 18.7 Å². The largest absolute Gasteiger partial charge is 0.392 e. The van der Waals surface area contributed by atoms with E-state index < -0.39 is 17.4 Å². The molecule has 132 valence electrons. The van der Waals surface area contributed by atoms with Crippen molar-refractivity contribution in [3.8, 4) is 0 Å². The Morgan fingerprint density at radius 2 is 2.00 bits per heavy atom. The highest BCUT2D eigenvalue weighted by molar-refractivity contribution is 5.76. The Hall–Kier alpha value is -2.22. The van der Waals surface area contributed by atoms with Crippen molar-refractivity contribution in [2.75, 3.05) is 0 Å². The highest BCUT2D eigenvalue weighted by Crippen LogP contribution is 2.09. The van der Waals surface area contributed by atoms with Gasteiger partial charge in [-0.1, -0.05) is 13.3 Å². The Morgan fingerprint density at radius 3 is 2.58 bits per heavy atom. The number of rotatable bonds is 8. The molecule has 8 heteroatoms. The van der Waals surface area contributed by atoms with Crippen LogP contribution in [0.3, 0.4) is 0 Å². The van der Waals surface area contributed by atoms with Crippen molar-refractivity contribution in [3.05, 3.63) is 27.2 Å². The van der Waals surface area contributed by atoms with Crippen molar-refractivity contribution >= 4 is 16.9 Å². The van der Waals surface area contributed by atoms with Gasteiger partial charge in [-0.15, -0.1) is 0 Å². The van der Waals surface area contributed by atoms with Crippen LogP contribution in [0.15, 0.2) is 15.9 Å². The van der Waals surface area contributed by atoms with Gasteiger partial charge in [0.05, 0.1) is 19.0 Å². The van der Waals surface area contributed by atoms with Gasteiger partial charge in [-0.05, 0) is 20.3 Å². The summed E-state index contributed by atoms with van der Waals surface area (Å²) in [7, 11) is 0. The number of aromatic nitrogens is 4. The summed E-state index contributed by atoms with van der Waals surface area (Å²) in [5.74, 6) is -0.0372. The van der Waals surface area contributed by atoms with Crippen LogP contribution in [0.1, 0.15) is 40.0 Å². The number of unbranched alkanes of at least 4 members (excludes halogenated alkanes) is 1. The summed E-state index contributed by atoms with van der Waals surface area (Å²) in [5, 5.41) is 9.61. The summed E-state index contributed by atoms with van der Waals surface area (Å²) in [6, 6.07) is 0. The minimum absolute atomic E-state index is 0.0372. The molecule has 0 aliphatic rings. The zero-order valence-electron chi connectivity index (χ0n) is 14.4. The first-order valence-electron chi connectivity index (χ1n) is 8.22. The van der Waals surface area contributed by atoms with Crippen LogP contribution in [-0.4, -0.2) is 35.7 Å². The number of imidazole rings is 1. The Kier molecular flexibility index (Phi) is 5.71. The fraction of sp³-hybridized carbons (Fsp3) is 0.625. The lowest BCUT2D eigenvalue weighted by Crippen LogP contribution is -2.41. The zero-order chi connectivity index (χ0) is 17.9. The number of Topliss-reactive ketones (excluding diaryl/α,β-unsaturated/α-hetero) is 1. The number of aliphatic hydroxyl groups is 1. The van der Waals surface area contributed by atoms with E-state index in [-0.39, 0.29) is 36.5 Å². The molecule has 0 aromatic carbocycles. The van der Waals surface area contributed by atoms with Crippen LogP contribution < -0.4 is 11.2 Å². The SMILES string of the molecule is CCCCn1c(=O)c2c(ncn2CC(C)O)n(CCC(C)=O)c1=O. The highest BCUT2D eigenvalue weighted by atomic mass is 16.3. The van der Waals surface area contributed by atoms with E-state index in [1.807, 2.05) is 6.92 Å². The summed E-state index contributed by atoms with van der Waals surface area (Å²) in [6.45, 7) is 5.78. The van der Waals surface area contributed by atoms with Crippen molar-refractivity contribution in [2.45, 2.75) is 65.8 Å². The van der Waals surface area contributed by atoms with Gasteiger partial charge in [0.15, 0.2) is 11.2 Å². The third-order valence-electron chi connectivity index (χ3n) is 3.87. The topological polar surface area (TPSA) is 99.1 Å². The molecule has 0 radical (unpaired) electrons. The van der Waals surface area contributed by atoms with E-state index in [4.69, 9.17) is 0 Å². The van der Waals surface area contributed by atoms with E-state index in [2.05, 4.69) is 4.98 Å². The third-order valence-corrected chi connectivity index (χ3v) is 3.87. The molecule has 2 aromatic heterocycles. The zero-order valence-corrected chi connectivity index (χ0v) is 14.4. The van der Waals surface area contributed by atoms with Gasteiger partial charge < -0.3 is 9.67 Å². The lowest BCUT2D eigenvalue weighted by atomic mass is 10.3. The fourth-order valence-corrected chi connectivity index (χ4v) is 2.65. The number of carbonyl (C=O) groups is 1. The van der Waals surface area contributed by atoms with Crippen molar-refractivity contribution in [2.24, 2.45) is 0 Å². The van der Waals surface area contributed by atoms with E-state index in [0.717, 1.165) is 6.42 Å². The molecule has 0 spiro atoms. The molecule has 1 atom stereocenters. The maximum Gasteiger partial charge on any atom is 0.332 e. The van der Waals surface area contributed by atoms with Crippen molar-refractivity contribution in [1.29, 1.82) is 0 Å². The molecule has 24 heavy (non-hydrogen) atoms. The van der Waals surface area contributed by atoms with Gasteiger partial charge in [-0.2, -0.15) is 0 Å². The molecule has 0 aliphatic carbocycles. The summed E-state index contributed by atoms with van der Waals surface area (Å²) < 4.78 is 4.15. The highest BCUT2D eigenvalue weighted by Gasteiger charge is 2.18. The van der Waals surface area contributed by atoms with E-state index in [0.29, 0.717) is 13.0 Å². The van der Waals surface area contributed by atoms with Crippen LogP contribution >= 0.6 is 0 Å². The third kappa shape index (κ3) is 3.64. The smallest absolute Gasteiger partial charge is 0.332 e. The monoisotopic (exact) mass is 336 g/mol. The van der Waals surface area contributed by atoms with Crippen LogP contribution in [0.2, 0.25) is 0 Å². The summed E-state index contributed by atoms with van der Waals surface area (Å²) in [5.41, 5.74) is -0.292. The normalized spacial score (nSPS) is 12.7. The molecule has 2 rings (SSSR count). The number of hydrogen-bond acceptors (Lipinski definition) is 5. The molecule has 2 aromatic rings. The molecule has 0 saturated heterocycles. The quantitative estimate of drug-likeness (QED) is 0.757. The van der Waals surface area contributed by atoms with Crippen molar-refractivity contribution < 1.29 is 9.90 Å². The first kappa shape index (κ1) is 18.1. The van der Waals surface area contributed by atoms with Gasteiger partial charge in [0.2, 0.25) is 0 Å². The number of hydrogen-bond donors (Lipinski definition) is 1.